The van der Waals surface area contributed by atoms with E-state index in [0.29, 0.717) is 22.8 Å². The Bertz CT molecular complexity index is 1280. The van der Waals surface area contributed by atoms with Gasteiger partial charge < -0.3 is 14.7 Å². The van der Waals surface area contributed by atoms with Crippen LogP contribution in [0.2, 0.25) is 0 Å². The third-order valence-electron chi connectivity index (χ3n) is 4.74. The molecule has 29 heavy (non-hydrogen) atoms. The Labute approximate surface area is 174 Å². The van der Waals surface area contributed by atoms with Gasteiger partial charge in [-0.3, -0.25) is 9.59 Å². The largest absolute Gasteiger partial charge is 0.466 e. The normalized spacial score (nSPS) is 11.3. The third-order valence-corrected chi connectivity index (χ3v) is 6.60. The van der Waals surface area contributed by atoms with Crippen molar-refractivity contribution in [2.75, 3.05) is 5.32 Å². The minimum atomic E-state index is -0.174. The molecular weight excluding hydrogens is 408 g/mol. The van der Waals surface area contributed by atoms with E-state index in [2.05, 4.69) is 20.3 Å². The Morgan fingerprint density at radius 2 is 2.03 bits per heavy atom. The lowest BCUT2D eigenvalue weighted by Crippen LogP contribution is -2.16. The fourth-order valence-corrected chi connectivity index (χ4v) is 4.95. The lowest BCUT2D eigenvalue weighted by molar-refractivity contribution is -0.116. The monoisotopic (exact) mass is 428 g/mol. The van der Waals surface area contributed by atoms with Crippen molar-refractivity contribution < 1.29 is 9.21 Å². The number of thiophene rings is 1. The predicted molar refractivity (Wildman–Crippen MR) is 116 cm³/mol. The van der Waals surface area contributed by atoms with Crippen LogP contribution in [0, 0.1) is 27.7 Å². The number of anilines is 1. The van der Waals surface area contributed by atoms with Crippen LogP contribution in [-0.2, 0) is 11.2 Å². The second-order valence-electron chi connectivity index (χ2n) is 6.89. The van der Waals surface area contributed by atoms with Gasteiger partial charge in [0.25, 0.3) is 5.56 Å². The van der Waals surface area contributed by atoms with Crippen LogP contribution in [0.25, 0.3) is 21.5 Å². The Balaban J connectivity index is 1.43. The summed E-state index contributed by atoms with van der Waals surface area (Å²) < 4.78 is 5.54. The Kier molecular flexibility index (Phi) is 5.10. The van der Waals surface area contributed by atoms with E-state index in [0.717, 1.165) is 38.0 Å². The number of thiazole rings is 1. The van der Waals surface area contributed by atoms with E-state index in [9.17, 15) is 9.59 Å². The fraction of sp³-hybridized carbons (Fsp3) is 0.300. The third kappa shape index (κ3) is 3.88. The highest BCUT2D eigenvalue weighted by atomic mass is 32.1. The number of carbonyl (C=O) groups is 1. The Hall–Kier alpha value is -2.78. The molecular formula is C20H20N4O3S2. The van der Waals surface area contributed by atoms with Crippen LogP contribution < -0.4 is 10.9 Å². The number of aromatic nitrogens is 3. The second kappa shape index (κ2) is 7.57. The number of fused-ring (bicyclic) bond motifs is 1. The molecule has 9 heteroatoms. The highest BCUT2D eigenvalue weighted by molar-refractivity contribution is 7.18. The van der Waals surface area contributed by atoms with Gasteiger partial charge in [-0.25, -0.2) is 9.97 Å². The average Bonchev–Trinajstić information content (AvgIpc) is 3.32. The summed E-state index contributed by atoms with van der Waals surface area (Å²) in [6.07, 6.45) is 0.557. The molecule has 7 nitrogen and oxygen atoms in total. The van der Waals surface area contributed by atoms with Crippen LogP contribution in [0.4, 0.5) is 5.13 Å². The van der Waals surface area contributed by atoms with Gasteiger partial charge in [0.15, 0.2) is 5.13 Å². The molecule has 0 spiro atoms. The van der Waals surface area contributed by atoms with Gasteiger partial charge in [0.1, 0.15) is 22.2 Å². The minimum Gasteiger partial charge on any atom is -0.466 e. The summed E-state index contributed by atoms with van der Waals surface area (Å²) in [6.45, 7) is 7.68. The fourth-order valence-electron chi connectivity index (χ4n) is 3.17. The van der Waals surface area contributed by atoms with Crippen LogP contribution in [0.1, 0.15) is 34.2 Å². The summed E-state index contributed by atoms with van der Waals surface area (Å²) in [5, 5.41) is 5.88. The van der Waals surface area contributed by atoms with E-state index >= 15 is 0 Å². The summed E-state index contributed by atoms with van der Waals surface area (Å²) in [7, 11) is 0. The molecule has 4 rings (SSSR count). The molecule has 0 saturated carbocycles. The molecule has 4 aromatic heterocycles. The van der Waals surface area contributed by atoms with E-state index in [1.165, 1.54) is 22.7 Å². The molecule has 4 aromatic rings. The van der Waals surface area contributed by atoms with Crippen molar-refractivity contribution in [3.05, 3.63) is 49.6 Å². The van der Waals surface area contributed by atoms with Crippen molar-refractivity contribution in [2.45, 2.75) is 40.5 Å². The number of aryl methyl sites for hydroxylation is 5. The number of H-pyrrole nitrogens is 1. The van der Waals surface area contributed by atoms with Gasteiger partial charge in [0, 0.05) is 28.7 Å². The topological polar surface area (TPSA) is 101 Å². The molecule has 4 heterocycles. The lowest BCUT2D eigenvalue weighted by atomic mass is 10.2. The zero-order chi connectivity index (χ0) is 20.7. The van der Waals surface area contributed by atoms with E-state index < -0.39 is 0 Å². The number of hydrogen-bond donors (Lipinski definition) is 2. The maximum Gasteiger partial charge on any atom is 0.259 e. The Morgan fingerprint density at radius 3 is 2.76 bits per heavy atom. The number of nitrogens with one attached hydrogen (secondary N) is 2. The molecule has 1 amide bonds. The number of hydrogen-bond acceptors (Lipinski definition) is 7. The van der Waals surface area contributed by atoms with E-state index in [1.807, 2.05) is 39.1 Å². The first-order valence-electron chi connectivity index (χ1n) is 9.13. The van der Waals surface area contributed by atoms with Gasteiger partial charge in [0.05, 0.1) is 11.1 Å². The van der Waals surface area contributed by atoms with Gasteiger partial charge in [-0.05, 0) is 39.3 Å². The molecule has 0 aromatic carbocycles. The Morgan fingerprint density at radius 1 is 1.24 bits per heavy atom. The highest BCUT2D eigenvalue weighted by Gasteiger charge is 2.15. The maximum atomic E-state index is 12.3. The van der Waals surface area contributed by atoms with E-state index in [-0.39, 0.29) is 17.9 Å². The van der Waals surface area contributed by atoms with E-state index in [1.54, 1.807) is 0 Å². The zero-order valence-corrected chi connectivity index (χ0v) is 18.1. The number of nitrogens with zero attached hydrogens (tertiary/aromatic N) is 2. The molecule has 0 bridgehead atoms. The number of carbonyl (C=O) groups excluding carboxylic acids is 1. The first-order chi connectivity index (χ1) is 13.8. The highest BCUT2D eigenvalue weighted by Crippen LogP contribution is 2.30. The van der Waals surface area contributed by atoms with Crippen LogP contribution in [0.3, 0.4) is 0 Å². The first kappa shape index (κ1) is 19.5. The summed E-state index contributed by atoms with van der Waals surface area (Å²) in [5.74, 6) is 1.97. The smallest absolute Gasteiger partial charge is 0.259 e. The number of aromatic amines is 1. The van der Waals surface area contributed by atoms with Crippen molar-refractivity contribution in [1.29, 1.82) is 0 Å². The van der Waals surface area contributed by atoms with Gasteiger partial charge in [-0.1, -0.05) is 0 Å². The van der Waals surface area contributed by atoms with Gasteiger partial charge in [-0.2, -0.15) is 0 Å². The number of rotatable bonds is 5. The van der Waals surface area contributed by atoms with Gasteiger partial charge >= 0.3 is 0 Å². The van der Waals surface area contributed by atoms with Crippen molar-refractivity contribution in [3.8, 4) is 11.3 Å². The average molecular weight is 429 g/mol. The SMILES string of the molecule is Cc1cc(-c2csc(NC(=O)CCc3nc4sc(C)c(C)c4c(=O)[nH]3)n2)c(C)o1. The van der Waals surface area contributed by atoms with Crippen molar-refractivity contribution in [1.82, 2.24) is 15.0 Å². The van der Waals surface area contributed by atoms with Gasteiger partial charge in [0.2, 0.25) is 5.91 Å². The quantitative estimate of drug-likeness (QED) is 0.487. The molecule has 0 unspecified atom stereocenters. The number of furan rings is 1. The molecule has 0 fully saturated rings. The van der Waals surface area contributed by atoms with E-state index in [4.69, 9.17) is 4.42 Å². The first-order valence-corrected chi connectivity index (χ1v) is 10.8. The molecule has 0 radical (unpaired) electrons. The van der Waals surface area contributed by atoms with Crippen molar-refractivity contribution in [3.63, 3.8) is 0 Å². The van der Waals surface area contributed by atoms with Crippen molar-refractivity contribution in [2.24, 2.45) is 0 Å². The summed E-state index contributed by atoms with van der Waals surface area (Å²) in [6, 6.07) is 1.93. The molecule has 2 N–H and O–H groups in total. The van der Waals surface area contributed by atoms with Crippen molar-refractivity contribution >= 4 is 43.9 Å². The maximum absolute atomic E-state index is 12.3. The molecule has 0 aliphatic rings. The molecule has 0 aliphatic carbocycles. The van der Waals surface area contributed by atoms with Crippen LogP contribution >= 0.6 is 22.7 Å². The molecule has 0 aliphatic heterocycles. The van der Waals surface area contributed by atoms with Crippen LogP contribution in [0.5, 0.6) is 0 Å². The minimum absolute atomic E-state index is 0.150. The summed E-state index contributed by atoms with van der Waals surface area (Å²) >= 11 is 2.86. The second-order valence-corrected chi connectivity index (χ2v) is 8.95. The molecule has 0 saturated heterocycles. The van der Waals surface area contributed by atoms with Crippen LogP contribution in [0.15, 0.2) is 20.7 Å². The predicted octanol–water partition coefficient (Wildman–Crippen LogP) is 4.51. The summed E-state index contributed by atoms with van der Waals surface area (Å²) in [4.78, 5) is 38.2. The zero-order valence-electron chi connectivity index (χ0n) is 16.5. The standard InChI is InChI=1S/C20H20N4O3S2/c1-9-7-13(11(3)27-9)14-8-28-20(21-14)24-16(25)6-5-15-22-18(26)17-10(2)12(4)29-19(17)23-15/h7-8H,5-6H2,1-4H3,(H,21,24,25)(H,22,23,26). The van der Waals surface area contributed by atoms with Crippen LogP contribution in [-0.4, -0.2) is 20.9 Å². The summed E-state index contributed by atoms with van der Waals surface area (Å²) in [5.41, 5.74) is 2.52. The number of amides is 1. The molecule has 150 valence electrons. The lowest BCUT2D eigenvalue weighted by Gasteiger charge is -2.02. The molecule has 0 atom stereocenters. The van der Waals surface area contributed by atoms with Gasteiger partial charge in [-0.15, -0.1) is 22.7 Å².